The van der Waals surface area contributed by atoms with Crippen LogP contribution in [0.4, 0.5) is 0 Å². The fourth-order valence-corrected chi connectivity index (χ4v) is 10.0. The second kappa shape index (κ2) is 13.9. The molecule has 47 heavy (non-hydrogen) atoms. The van der Waals surface area contributed by atoms with E-state index in [1.165, 1.54) is 21.5 Å². The Labute approximate surface area is 284 Å². The van der Waals surface area contributed by atoms with Crippen molar-refractivity contribution in [3.8, 4) is 22.6 Å². The Bertz CT molecular complexity index is 1790. The highest BCUT2D eigenvalue weighted by atomic mass is 32.2. The summed E-state index contributed by atoms with van der Waals surface area (Å²) in [6.45, 7) is 6.84. The van der Waals surface area contributed by atoms with Crippen molar-refractivity contribution in [3.05, 3.63) is 163 Å². The summed E-state index contributed by atoms with van der Waals surface area (Å²) in [7, 11) is -1.58. The van der Waals surface area contributed by atoms with E-state index in [4.69, 9.17) is 13.8 Å². The minimum atomic E-state index is -1.58. The van der Waals surface area contributed by atoms with Crippen molar-refractivity contribution in [2.24, 2.45) is 5.92 Å². The highest BCUT2D eigenvalue weighted by Crippen LogP contribution is 2.48. The topological polar surface area (TPSA) is 35.3 Å². The van der Waals surface area contributed by atoms with Gasteiger partial charge in [0.1, 0.15) is 5.69 Å². The lowest BCUT2D eigenvalue weighted by atomic mass is 9.82. The molecule has 1 aliphatic rings. The molecule has 2 heterocycles. The summed E-state index contributed by atoms with van der Waals surface area (Å²) in [5.74, 6) is 3.80. The van der Waals surface area contributed by atoms with E-state index in [0.29, 0.717) is 0 Å². The summed E-state index contributed by atoms with van der Waals surface area (Å²) in [5, 5.41) is 2.49. The second-order valence-corrected chi connectivity index (χ2v) is 16.4. The van der Waals surface area contributed by atoms with Crippen LogP contribution in [0.3, 0.4) is 0 Å². The third-order valence-electron chi connectivity index (χ3n) is 8.96. The van der Waals surface area contributed by atoms with E-state index >= 15 is 0 Å². The molecule has 0 spiro atoms. The van der Waals surface area contributed by atoms with Crippen LogP contribution < -0.4 is 10.4 Å². The third kappa shape index (κ3) is 6.94. The number of thioether (sulfide) groups is 1. The standard InChI is InChI=1S/C42H40NO2SSi/c1-42(2,3)33-22-16-21-32(27-33)39(45-47(34-23-12-6-13-24-34)35-25-14-7-15-26-35)36-28-46-29-37(36)41-43-38(30-17-8-4-9-18-30)40(44-41)31-19-10-5-11-20-31/h4-27,36-37,39H,28-29H2,1-3H3. The van der Waals surface area contributed by atoms with Gasteiger partial charge in [0.25, 0.3) is 9.04 Å². The number of hydrogen-bond acceptors (Lipinski definition) is 4. The molecule has 0 saturated carbocycles. The van der Waals surface area contributed by atoms with Crippen molar-refractivity contribution in [1.29, 1.82) is 0 Å². The first-order valence-corrected chi connectivity index (χ1v) is 19.0. The Morgan fingerprint density at radius 1 is 0.702 bits per heavy atom. The molecule has 1 saturated heterocycles. The van der Waals surface area contributed by atoms with Crippen LogP contribution in [-0.2, 0) is 9.84 Å². The first-order valence-electron chi connectivity index (χ1n) is 16.4. The molecule has 1 aliphatic heterocycles. The average molecular weight is 651 g/mol. The number of rotatable bonds is 9. The summed E-state index contributed by atoms with van der Waals surface area (Å²) in [6, 6.07) is 51.4. The van der Waals surface area contributed by atoms with Crippen molar-refractivity contribution in [1.82, 2.24) is 4.98 Å². The highest BCUT2D eigenvalue weighted by molar-refractivity contribution is 7.99. The van der Waals surface area contributed by atoms with Crippen molar-refractivity contribution >= 4 is 31.2 Å². The number of oxazole rings is 1. The third-order valence-corrected chi connectivity index (χ3v) is 12.4. The van der Waals surface area contributed by atoms with Crippen LogP contribution in [0.2, 0.25) is 0 Å². The van der Waals surface area contributed by atoms with Gasteiger partial charge in [0.15, 0.2) is 11.7 Å². The molecule has 1 radical (unpaired) electrons. The molecule has 0 aliphatic carbocycles. The predicted octanol–water partition coefficient (Wildman–Crippen LogP) is 9.32. The van der Waals surface area contributed by atoms with Gasteiger partial charge in [0.2, 0.25) is 0 Å². The molecule has 3 atom stereocenters. The van der Waals surface area contributed by atoms with Gasteiger partial charge in [-0.05, 0) is 32.7 Å². The lowest BCUT2D eigenvalue weighted by molar-refractivity contribution is 0.135. The van der Waals surface area contributed by atoms with E-state index in [1.54, 1.807) is 0 Å². The molecule has 1 fully saturated rings. The van der Waals surface area contributed by atoms with Crippen LogP contribution in [0.25, 0.3) is 22.6 Å². The van der Waals surface area contributed by atoms with Gasteiger partial charge >= 0.3 is 0 Å². The Morgan fingerprint density at radius 2 is 1.28 bits per heavy atom. The minimum Gasteiger partial charge on any atom is -0.440 e. The monoisotopic (exact) mass is 650 g/mol. The lowest BCUT2D eigenvalue weighted by Gasteiger charge is -2.32. The molecule has 6 aromatic rings. The maximum absolute atomic E-state index is 7.54. The highest BCUT2D eigenvalue weighted by Gasteiger charge is 2.42. The fraction of sp³-hybridized carbons (Fsp3) is 0.214. The molecule has 3 nitrogen and oxygen atoms in total. The largest absolute Gasteiger partial charge is 0.440 e. The SMILES string of the molecule is CC(C)(C)c1cccc(C(O[Si](c2ccccc2)c2ccccc2)C2CSCC2c2nc(-c3ccccc3)c(-c3ccccc3)o2)c1. The van der Waals surface area contributed by atoms with Crippen LogP contribution >= 0.6 is 11.8 Å². The Morgan fingerprint density at radius 3 is 1.87 bits per heavy atom. The van der Waals surface area contributed by atoms with Gasteiger partial charge in [-0.15, -0.1) is 0 Å². The van der Waals surface area contributed by atoms with E-state index in [2.05, 4.69) is 154 Å². The van der Waals surface area contributed by atoms with Crippen LogP contribution in [0.5, 0.6) is 0 Å². The maximum Gasteiger partial charge on any atom is 0.283 e. The van der Waals surface area contributed by atoms with E-state index in [0.717, 1.165) is 40.0 Å². The van der Waals surface area contributed by atoms with Crippen molar-refractivity contribution in [2.45, 2.75) is 38.2 Å². The molecule has 0 N–H and O–H groups in total. The Hall–Kier alpha value is -4.16. The summed E-state index contributed by atoms with van der Waals surface area (Å²) in [6.07, 6.45) is -0.140. The summed E-state index contributed by atoms with van der Waals surface area (Å²) in [5.41, 5.74) is 5.56. The molecule has 0 amide bonds. The smallest absolute Gasteiger partial charge is 0.283 e. The van der Waals surface area contributed by atoms with Crippen molar-refractivity contribution in [3.63, 3.8) is 0 Å². The van der Waals surface area contributed by atoms with Crippen LogP contribution in [-0.4, -0.2) is 25.5 Å². The molecule has 1 aromatic heterocycles. The number of hydrogen-bond donors (Lipinski definition) is 0. The van der Waals surface area contributed by atoms with Crippen LogP contribution in [0.1, 0.15) is 49.8 Å². The predicted molar refractivity (Wildman–Crippen MR) is 198 cm³/mol. The van der Waals surface area contributed by atoms with Gasteiger partial charge in [-0.2, -0.15) is 11.8 Å². The van der Waals surface area contributed by atoms with Gasteiger partial charge < -0.3 is 8.84 Å². The molecule has 5 aromatic carbocycles. The van der Waals surface area contributed by atoms with E-state index in [1.807, 2.05) is 23.9 Å². The van der Waals surface area contributed by atoms with Crippen molar-refractivity contribution in [2.75, 3.05) is 11.5 Å². The van der Waals surface area contributed by atoms with Crippen LogP contribution in [0, 0.1) is 5.92 Å². The molecule has 7 rings (SSSR count). The normalized spacial score (nSPS) is 17.2. The fourth-order valence-electron chi connectivity index (χ4n) is 6.39. The average Bonchev–Trinajstić information content (AvgIpc) is 3.78. The van der Waals surface area contributed by atoms with Gasteiger partial charge in [-0.3, -0.25) is 0 Å². The Kier molecular flexibility index (Phi) is 9.30. The van der Waals surface area contributed by atoms with E-state index in [9.17, 15) is 0 Å². The van der Waals surface area contributed by atoms with Gasteiger partial charge in [0.05, 0.1) is 12.0 Å². The zero-order chi connectivity index (χ0) is 32.2. The van der Waals surface area contributed by atoms with E-state index < -0.39 is 9.04 Å². The molecule has 5 heteroatoms. The minimum absolute atomic E-state index is 0.0226. The van der Waals surface area contributed by atoms with Crippen LogP contribution in [0.15, 0.2) is 150 Å². The quantitative estimate of drug-likeness (QED) is 0.146. The van der Waals surface area contributed by atoms with Gasteiger partial charge in [0, 0.05) is 22.8 Å². The number of nitrogens with zero attached hydrogens (tertiary/aromatic N) is 1. The summed E-state index contributed by atoms with van der Waals surface area (Å²) < 4.78 is 14.4. The zero-order valence-corrected chi connectivity index (χ0v) is 29.0. The Balaban J connectivity index is 1.34. The first-order chi connectivity index (χ1) is 23.0. The zero-order valence-electron chi connectivity index (χ0n) is 27.2. The number of aromatic nitrogens is 1. The van der Waals surface area contributed by atoms with Crippen molar-refractivity contribution < 1.29 is 8.84 Å². The molecule has 3 unspecified atom stereocenters. The lowest BCUT2D eigenvalue weighted by Crippen LogP contribution is -2.47. The second-order valence-electron chi connectivity index (χ2n) is 13.2. The number of benzene rings is 5. The molecule has 0 bridgehead atoms. The van der Waals surface area contributed by atoms with E-state index in [-0.39, 0.29) is 23.4 Å². The van der Waals surface area contributed by atoms with Gasteiger partial charge in [-0.1, -0.05) is 166 Å². The molecular weight excluding hydrogens is 611 g/mol. The molecule has 235 valence electrons. The van der Waals surface area contributed by atoms with Gasteiger partial charge in [-0.25, -0.2) is 4.98 Å². The first kappa shape index (κ1) is 31.4. The summed E-state index contributed by atoms with van der Waals surface area (Å²) >= 11 is 1.97. The molecular formula is C42H40NO2SSi. The summed E-state index contributed by atoms with van der Waals surface area (Å²) in [4.78, 5) is 5.29. The maximum atomic E-state index is 7.54.